The summed E-state index contributed by atoms with van der Waals surface area (Å²) in [4.78, 5) is 10.9. The molecule has 1 aromatic carbocycles. The van der Waals surface area contributed by atoms with E-state index in [2.05, 4.69) is 0 Å². The van der Waals surface area contributed by atoms with Crippen LogP contribution in [0.2, 0.25) is 0 Å². The van der Waals surface area contributed by atoms with E-state index in [0.29, 0.717) is 0 Å². The van der Waals surface area contributed by atoms with Crippen LogP contribution in [0, 0.1) is 23.0 Å². The highest BCUT2D eigenvalue weighted by Gasteiger charge is 2.63. The first-order valence-corrected chi connectivity index (χ1v) is 5.03. The van der Waals surface area contributed by atoms with E-state index in [1.165, 1.54) is 0 Å². The minimum Gasteiger partial charge on any atom is -0.481 e. The average molecular weight is 226 g/mol. The molecule has 1 aliphatic carbocycles. The molecule has 86 valence electrons. The highest BCUT2D eigenvalue weighted by Crippen LogP contribution is 2.64. The van der Waals surface area contributed by atoms with Gasteiger partial charge in [0.1, 0.15) is 11.6 Å². The van der Waals surface area contributed by atoms with Crippen molar-refractivity contribution in [1.29, 1.82) is 0 Å². The Morgan fingerprint density at radius 1 is 1.38 bits per heavy atom. The molecule has 0 heterocycles. The molecule has 1 aromatic rings. The largest absolute Gasteiger partial charge is 0.481 e. The van der Waals surface area contributed by atoms with Gasteiger partial charge in [0.05, 0.1) is 5.92 Å². The lowest BCUT2D eigenvalue weighted by molar-refractivity contribution is -0.139. The summed E-state index contributed by atoms with van der Waals surface area (Å²) in [6.45, 7) is 3.50. The molecule has 1 saturated carbocycles. The molecule has 0 amide bonds. The van der Waals surface area contributed by atoms with Gasteiger partial charge in [0.2, 0.25) is 0 Å². The van der Waals surface area contributed by atoms with Gasteiger partial charge in [-0.2, -0.15) is 0 Å². The Labute approximate surface area is 91.9 Å². The summed E-state index contributed by atoms with van der Waals surface area (Å²) in [5, 5.41) is 8.96. The molecule has 16 heavy (non-hydrogen) atoms. The quantitative estimate of drug-likeness (QED) is 0.841. The fourth-order valence-electron chi connectivity index (χ4n) is 2.43. The first-order chi connectivity index (χ1) is 7.35. The van der Waals surface area contributed by atoms with Crippen molar-refractivity contribution < 1.29 is 18.7 Å². The van der Waals surface area contributed by atoms with Crippen LogP contribution in [-0.4, -0.2) is 11.1 Å². The Hall–Kier alpha value is -1.45. The zero-order valence-electron chi connectivity index (χ0n) is 9.00. The van der Waals surface area contributed by atoms with E-state index in [1.54, 1.807) is 13.8 Å². The number of benzene rings is 1. The molecule has 4 heteroatoms. The SMILES string of the molecule is CC1(C)[C@H](C(=O)O)[C@H]1c1cc(F)ccc1F. The Morgan fingerprint density at radius 3 is 2.50 bits per heavy atom. The topological polar surface area (TPSA) is 37.3 Å². The third-order valence-corrected chi connectivity index (χ3v) is 3.39. The summed E-state index contributed by atoms with van der Waals surface area (Å²) in [7, 11) is 0. The normalized spacial score (nSPS) is 26.5. The molecule has 0 aliphatic heterocycles. The van der Waals surface area contributed by atoms with Gasteiger partial charge in [-0.05, 0) is 29.2 Å². The van der Waals surface area contributed by atoms with Gasteiger partial charge in [-0.25, -0.2) is 8.78 Å². The summed E-state index contributed by atoms with van der Waals surface area (Å²) in [6, 6.07) is 3.16. The molecule has 1 aliphatic rings. The lowest BCUT2D eigenvalue weighted by atomic mass is 10.0. The lowest BCUT2D eigenvalue weighted by Crippen LogP contribution is -2.03. The maximum atomic E-state index is 13.5. The third-order valence-electron chi connectivity index (χ3n) is 3.39. The molecule has 0 unspecified atom stereocenters. The number of rotatable bonds is 2. The van der Waals surface area contributed by atoms with Crippen molar-refractivity contribution in [2.75, 3.05) is 0 Å². The molecule has 2 rings (SSSR count). The first-order valence-electron chi connectivity index (χ1n) is 5.03. The standard InChI is InChI=1S/C12H12F2O2/c1-12(2)9(10(12)11(15)16)7-5-6(13)3-4-8(7)14/h3-5,9-10H,1-2H3,(H,15,16)/t9-,10+/m1/s1. The molecule has 0 radical (unpaired) electrons. The van der Waals surface area contributed by atoms with Crippen LogP contribution >= 0.6 is 0 Å². The molecule has 0 spiro atoms. The van der Waals surface area contributed by atoms with E-state index >= 15 is 0 Å². The van der Waals surface area contributed by atoms with Crippen molar-refractivity contribution in [3.05, 3.63) is 35.4 Å². The van der Waals surface area contributed by atoms with E-state index in [-0.39, 0.29) is 5.56 Å². The summed E-state index contributed by atoms with van der Waals surface area (Å²) in [5.74, 6) is -3.12. The molecule has 1 N–H and O–H groups in total. The van der Waals surface area contributed by atoms with E-state index in [9.17, 15) is 13.6 Å². The van der Waals surface area contributed by atoms with Gasteiger partial charge >= 0.3 is 5.97 Å². The number of carbonyl (C=O) groups is 1. The minimum atomic E-state index is -0.960. The van der Waals surface area contributed by atoms with Crippen LogP contribution in [-0.2, 0) is 4.79 Å². The third kappa shape index (κ3) is 1.49. The Kier molecular flexibility index (Phi) is 2.26. The first kappa shape index (κ1) is 11.0. The monoisotopic (exact) mass is 226 g/mol. The summed E-state index contributed by atoms with van der Waals surface area (Å²) in [6.07, 6.45) is 0. The highest BCUT2D eigenvalue weighted by atomic mass is 19.1. The number of halogens is 2. The molecule has 2 nitrogen and oxygen atoms in total. The highest BCUT2D eigenvalue weighted by molar-refractivity contribution is 5.77. The van der Waals surface area contributed by atoms with Crippen LogP contribution in [0.25, 0.3) is 0 Å². The maximum Gasteiger partial charge on any atom is 0.307 e. The maximum absolute atomic E-state index is 13.5. The van der Waals surface area contributed by atoms with E-state index < -0.39 is 34.9 Å². The zero-order valence-corrected chi connectivity index (χ0v) is 9.00. The molecule has 0 saturated heterocycles. The Bertz CT molecular complexity index is 454. The predicted molar refractivity (Wildman–Crippen MR) is 54.0 cm³/mol. The van der Waals surface area contributed by atoms with Crippen LogP contribution in [0.3, 0.4) is 0 Å². The van der Waals surface area contributed by atoms with E-state index in [0.717, 1.165) is 18.2 Å². The van der Waals surface area contributed by atoms with Crippen molar-refractivity contribution in [3.8, 4) is 0 Å². The summed E-state index contributed by atoms with van der Waals surface area (Å²) < 4.78 is 26.5. The Morgan fingerprint density at radius 2 is 2.00 bits per heavy atom. The lowest BCUT2D eigenvalue weighted by Gasteiger charge is -2.04. The van der Waals surface area contributed by atoms with E-state index in [4.69, 9.17) is 5.11 Å². The molecular weight excluding hydrogens is 214 g/mol. The average Bonchev–Trinajstić information content (AvgIpc) is 2.73. The number of carboxylic acids is 1. The van der Waals surface area contributed by atoms with Crippen LogP contribution in [0.1, 0.15) is 25.3 Å². The molecular formula is C12H12F2O2. The second-order valence-electron chi connectivity index (χ2n) is 4.78. The molecule has 0 bridgehead atoms. The fourth-order valence-corrected chi connectivity index (χ4v) is 2.43. The minimum absolute atomic E-state index is 0.164. The van der Waals surface area contributed by atoms with Gasteiger partial charge in [-0.15, -0.1) is 0 Å². The predicted octanol–water partition coefficient (Wildman–Crippen LogP) is 2.79. The van der Waals surface area contributed by atoms with Crippen molar-refractivity contribution in [2.45, 2.75) is 19.8 Å². The number of hydrogen-bond donors (Lipinski definition) is 1. The van der Waals surface area contributed by atoms with Crippen LogP contribution in [0.5, 0.6) is 0 Å². The zero-order chi connectivity index (χ0) is 12.1. The van der Waals surface area contributed by atoms with Crippen molar-refractivity contribution in [3.63, 3.8) is 0 Å². The number of hydrogen-bond acceptors (Lipinski definition) is 1. The van der Waals surface area contributed by atoms with Gasteiger partial charge in [-0.1, -0.05) is 13.8 Å². The number of carboxylic acid groups (broad SMARTS) is 1. The summed E-state index contributed by atoms with van der Waals surface area (Å²) in [5.41, 5.74) is -0.349. The molecule has 1 fully saturated rings. The second-order valence-corrected chi connectivity index (χ2v) is 4.78. The molecule has 2 atom stereocenters. The van der Waals surface area contributed by atoms with E-state index in [1.807, 2.05) is 0 Å². The smallest absolute Gasteiger partial charge is 0.307 e. The van der Waals surface area contributed by atoms with Crippen molar-refractivity contribution >= 4 is 5.97 Å². The second kappa shape index (κ2) is 3.27. The van der Waals surface area contributed by atoms with Gasteiger partial charge in [0, 0.05) is 5.92 Å². The van der Waals surface area contributed by atoms with Gasteiger partial charge in [-0.3, -0.25) is 4.79 Å². The molecule has 0 aromatic heterocycles. The number of aliphatic carboxylic acids is 1. The van der Waals surface area contributed by atoms with Crippen LogP contribution in [0.4, 0.5) is 8.78 Å². The van der Waals surface area contributed by atoms with Gasteiger partial charge in [0.15, 0.2) is 0 Å². The van der Waals surface area contributed by atoms with Gasteiger partial charge < -0.3 is 5.11 Å². The fraction of sp³-hybridized carbons (Fsp3) is 0.417. The van der Waals surface area contributed by atoms with Crippen molar-refractivity contribution in [2.24, 2.45) is 11.3 Å². The van der Waals surface area contributed by atoms with Crippen LogP contribution in [0.15, 0.2) is 18.2 Å². The summed E-state index contributed by atoms with van der Waals surface area (Å²) >= 11 is 0. The van der Waals surface area contributed by atoms with Crippen LogP contribution < -0.4 is 0 Å². The van der Waals surface area contributed by atoms with Gasteiger partial charge in [0.25, 0.3) is 0 Å². The Balaban J connectivity index is 2.40. The van der Waals surface area contributed by atoms with Crippen molar-refractivity contribution in [1.82, 2.24) is 0 Å².